The number of aromatic nitrogens is 2. The van der Waals surface area contributed by atoms with E-state index in [0.29, 0.717) is 31.8 Å². The average molecular weight is 399 g/mol. The van der Waals surface area contributed by atoms with E-state index in [2.05, 4.69) is 26.5 Å². The summed E-state index contributed by atoms with van der Waals surface area (Å²) in [7, 11) is 0. The van der Waals surface area contributed by atoms with Gasteiger partial charge in [-0.15, -0.1) is 0 Å². The molecule has 2 aliphatic rings. The van der Waals surface area contributed by atoms with Crippen molar-refractivity contribution in [1.29, 1.82) is 0 Å². The van der Waals surface area contributed by atoms with Crippen LogP contribution in [-0.4, -0.2) is 76.6 Å². The van der Waals surface area contributed by atoms with Crippen LogP contribution in [0.2, 0.25) is 0 Å². The zero-order valence-corrected chi connectivity index (χ0v) is 16.8. The SMILES string of the molecule is NC(=O)C1CC(N2CCCNCC2)CCN1C(=O)CCc1ccc2[nH]ncc2c1. The number of rotatable bonds is 5. The fourth-order valence-electron chi connectivity index (χ4n) is 4.62. The number of likely N-dealkylation sites (tertiary alicyclic amines) is 1. The molecule has 0 aliphatic carbocycles. The van der Waals surface area contributed by atoms with Crippen LogP contribution in [0.1, 0.15) is 31.2 Å². The van der Waals surface area contributed by atoms with E-state index in [9.17, 15) is 9.59 Å². The van der Waals surface area contributed by atoms with Gasteiger partial charge >= 0.3 is 0 Å². The van der Waals surface area contributed by atoms with Crippen LogP contribution in [0, 0.1) is 0 Å². The molecule has 8 nitrogen and oxygen atoms in total. The molecule has 2 aliphatic heterocycles. The minimum atomic E-state index is -0.506. The number of nitrogens with one attached hydrogen (secondary N) is 2. The molecule has 0 saturated carbocycles. The lowest BCUT2D eigenvalue weighted by Gasteiger charge is -2.42. The molecule has 156 valence electrons. The standard InChI is InChI=1S/C21H30N6O2/c22-21(29)19-13-17(26-9-1-7-23-8-11-26)6-10-27(19)20(28)5-3-15-2-4-18-16(12-15)14-24-25-18/h2,4,12,14,17,19,23H,1,3,5-11,13H2,(H2,22,29)(H,24,25). The van der Waals surface area contributed by atoms with Crippen LogP contribution < -0.4 is 11.1 Å². The smallest absolute Gasteiger partial charge is 0.240 e. The second-order valence-corrected chi connectivity index (χ2v) is 8.11. The van der Waals surface area contributed by atoms with E-state index in [1.54, 1.807) is 11.1 Å². The van der Waals surface area contributed by atoms with Crippen molar-refractivity contribution < 1.29 is 9.59 Å². The largest absolute Gasteiger partial charge is 0.368 e. The summed E-state index contributed by atoms with van der Waals surface area (Å²) in [5, 5.41) is 11.4. The van der Waals surface area contributed by atoms with E-state index in [4.69, 9.17) is 5.73 Å². The zero-order valence-electron chi connectivity index (χ0n) is 16.8. The van der Waals surface area contributed by atoms with Crippen LogP contribution in [0.4, 0.5) is 0 Å². The first-order valence-corrected chi connectivity index (χ1v) is 10.6. The summed E-state index contributed by atoms with van der Waals surface area (Å²) in [4.78, 5) is 29.2. The lowest BCUT2D eigenvalue weighted by atomic mass is 9.94. The summed E-state index contributed by atoms with van der Waals surface area (Å²) >= 11 is 0. The zero-order chi connectivity index (χ0) is 20.2. The van der Waals surface area contributed by atoms with Gasteiger partial charge in [0.15, 0.2) is 0 Å². The lowest BCUT2D eigenvalue weighted by Crippen LogP contribution is -2.56. The highest BCUT2D eigenvalue weighted by Crippen LogP contribution is 2.24. The monoisotopic (exact) mass is 398 g/mol. The van der Waals surface area contributed by atoms with Crippen molar-refractivity contribution in [2.24, 2.45) is 5.73 Å². The van der Waals surface area contributed by atoms with Crippen molar-refractivity contribution in [1.82, 2.24) is 25.3 Å². The summed E-state index contributed by atoms with van der Waals surface area (Å²) in [6, 6.07) is 5.86. The molecule has 2 amide bonds. The molecule has 1 aromatic heterocycles. The predicted molar refractivity (Wildman–Crippen MR) is 111 cm³/mol. The Morgan fingerprint density at radius 3 is 2.97 bits per heavy atom. The van der Waals surface area contributed by atoms with Crippen molar-refractivity contribution in [2.45, 2.75) is 44.2 Å². The summed E-state index contributed by atoms with van der Waals surface area (Å²) in [5.74, 6) is -0.382. The van der Waals surface area contributed by atoms with Crippen molar-refractivity contribution in [2.75, 3.05) is 32.7 Å². The maximum Gasteiger partial charge on any atom is 0.240 e. The van der Waals surface area contributed by atoms with Gasteiger partial charge in [0.1, 0.15) is 6.04 Å². The van der Waals surface area contributed by atoms with Crippen molar-refractivity contribution >= 4 is 22.7 Å². The van der Waals surface area contributed by atoms with Crippen molar-refractivity contribution in [3.05, 3.63) is 30.0 Å². The maximum absolute atomic E-state index is 12.9. The van der Waals surface area contributed by atoms with Crippen LogP contribution in [0.25, 0.3) is 10.9 Å². The first kappa shape index (κ1) is 19.8. The van der Waals surface area contributed by atoms with Gasteiger partial charge in [-0.05, 0) is 56.5 Å². The van der Waals surface area contributed by atoms with Crippen LogP contribution in [0.3, 0.4) is 0 Å². The van der Waals surface area contributed by atoms with Gasteiger partial charge < -0.3 is 16.0 Å². The van der Waals surface area contributed by atoms with Gasteiger partial charge in [-0.1, -0.05) is 6.07 Å². The Hall–Kier alpha value is -2.45. The highest BCUT2D eigenvalue weighted by molar-refractivity contribution is 5.87. The van der Waals surface area contributed by atoms with Crippen molar-refractivity contribution in [3.8, 4) is 0 Å². The van der Waals surface area contributed by atoms with E-state index < -0.39 is 11.9 Å². The summed E-state index contributed by atoms with van der Waals surface area (Å²) < 4.78 is 0. The molecule has 1 aromatic carbocycles. The van der Waals surface area contributed by atoms with Gasteiger partial charge in [0.05, 0.1) is 11.7 Å². The molecular formula is C21H30N6O2. The van der Waals surface area contributed by atoms with Crippen LogP contribution in [-0.2, 0) is 16.0 Å². The summed E-state index contributed by atoms with van der Waals surface area (Å²) in [6.07, 6.45) is 5.46. The Kier molecular flexibility index (Phi) is 6.10. The Balaban J connectivity index is 1.37. The number of hydrogen-bond donors (Lipinski definition) is 3. The molecule has 4 N–H and O–H groups in total. The lowest BCUT2D eigenvalue weighted by molar-refractivity contribution is -0.142. The number of carbonyl (C=O) groups is 2. The number of piperidine rings is 1. The van der Waals surface area contributed by atoms with Crippen LogP contribution in [0.5, 0.6) is 0 Å². The number of carbonyl (C=O) groups excluding carboxylic acids is 2. The van der Waals surface area contributed by atoms with E-state index in [1.807, 2.05) is 12.1 Å². The van der Waals surface area contributed by atoms with Crippen LogP contribution in [0.15, 0.2) is 24.4 Å². The second kappa shape index (κ2) is 8.92. The topological polar surface area (TPSA) is 107 Å². The average Bonchev–Trinajstić information content (AvgIpc) is 3.03. The number of amides is 2. The highest BCUT2D eigenvalue weighted by Gasteiger charge is 2.36. The molecule has 3 heterocycles. The number of fused-ring (bicyclic) bond motifs is 1. The summed E-state index contributed by atoms with van der Waals surface area (Å²) in [5.41, 5.74) is 7.78. The summed E-state index contributed by atoms with van der Waals surface area (Å²) in [6.45, 7) is 4.63. The fraction of sp³-hybridized carbons (Fsp3) is 0.571. The Morgan fingerprint density at radius 1 is 1.21 bits per heavy atom. The van der Waals surface area contributed by atoms with Gasteiger partial charge in [0.2, 0.25) is 11.8 Å². The molecule has 29 heavy (non-hydrogen) atoms. The maximum atomic E-state index is 12.9. The molecule has 0 radical (unpaired) electrons. The number of H-pyrrole nitrogens is 1. The quantitative estimate of drug-likeness (QED) is 0.685. The number of aromatic amines is 1. The van der Waals surface area contributed by atoms with Gasteiger partial charge in [0, 0.05) is 37.5 Å². The number of aryl methyl sites for hydroxylation is 1. The first-order chi connectivity index (χ1) is 14.1. The highest BCUT2D eigenvalue weighted by atomic mass is 16.2. The van der Waals surface area contributed by atoms with E-state index >= 15 is 0 Å². The van der Waals surface area contributed by atoms with E-state index in [1.165, 1.54) is 0 Å². The minimum Gasteiger partial charge on any atom is -0.368 e. The fourth-order valence-corrected chi connectivity index (χ4v) is 4.62. The third-order valence-electron chi connectivity index (χ3n) is 6.25. The number of hydrogen-bond acceptors (Lipinski definition) is 5. The number of nitrogens with two attached hydrogens (primary N) is 1. The second-order valence-electron chi connectivity index (χ2n) is 8.11. The molecule has 2 atom stereocenters. The first-order valence-electron chi connectivity index (χ1n) is 10.6. The molecule has 4 rings (SSSR count). The molecule has 2 unspecified atom stereocenters. The Bertz CT molecular complexity index is 858. The third kappa shape index (κ3) is 4.59. The van der Waals surface area contributed by atoms with Gasteiger partial charge in [0.25, 0.3) is 0 Å². The van der Waals surface area contributed by atoms with E-state index in [0.717, 1.165) is 55.5 Å². The molecule has 2 fully saturated rings. The molecule has 0 spiro atoms. The Morgan fingerprint density at radius 2 is 2.10 bits per heavy atom. The molecule has 2 aromatic rings. The van der Waals surface area contributed by atoms with Crippen molar-refractivity contribution in [3.63, 3.8) is 0 Å². The number of nitrogens with zero attached hydrogens (tertiary/aromatic N) is 3. The molecule has 0 bridgehead atoms. The normalized spacial score (nSPS) is 23.8. The Labute approximate surface area is 170 Å². The third-order valence-corrected chi connectivity index (χ3v) is 6.25. The molecular weight excluding hydrogens is 368 g/mol. The van der Waals surface area contributed by atoms with Gasteiger partial charge in [-0.3, -0.25) is 19.6 Å². The number of primary amides is 1. The minimum absolute atomic E-state index is 0.0112. The predicted octanol–water partition coefficient (Wildman–Crippen LogP) is 0.636. The van der Waals surface area contributed by atoms with Crippen LogP contribution >= 0.6 is 0 Å². The van der Waals surface area contributed by atoms with E-state index in [-0.39, 0.29) is 5.91 Å². The van der Waals surface area contributed by atoms with Gasteiger partial charge in [-0.25, -0.2) is 0 Å². The molecule has 2 saturated heterocycles. The van der Waals surface area contributed by atoms with Gasteiger partial charge in [-0.2, -0.15) is 5.10 Å². The molecule has 8 heteroatoms. The number of benzene rings is 1.